The van der Waals surface area contributed by atoms with Crippen LogP contribution in [0.4, 0.5) is 4.39 Å². The molecular formula is C12H16Cl2FN. The maximum Gasteiger partial charge on any atom is 0.127 e. The monoisotopic (exact) mass is 263 g/mol. The second-order valence-corrected chi connectivity index (χ2v) is 4.81. The smallest absolute Gasteiger partial charge is 0.127 e. The summed E-state index contributed by atoms with van der Waals surface area (Å²) in [7, 11) is 0. The number of alkyl halides is 1. The van der Waals surface area contributed by atoms with Gasteiger partial charge in [0.05, 0.1) is 0 Å². The highest BCUT2D eigenvalue weighted by Crippen LogP contribution is 2.14. The van der Waals surface area contributed by atoms with Gasteiger partial charge in [-0.25, -0.2) is 4.39 Å². The summed E-state index contributed by atoms with van der Waals surface area (Å²) in [6.07, 6.45) is 2.02. The Labute approximate surface area is 106 Å². The van der Waals surface area contributed by atoms with Gasteiger partial charge in [-0.2, -0.15) is 0 Å². The summed E-state index contributed by atoms with van der Waals surface area (Å²) in [4.78, 5) is 0. The molecule has 1 rings (SSSR count). The molecule has 0 amide bonds. The highest BCUT2D eigenvalue weighted by molar-refractivity contribution is 6.30. The summed E-state index contributed by atoms with van der Waals surface area (Å²) >= 11 is 11.8. The minimum atomic E-state index is -0.237. The van der Waals surface area contributed by atoms with Crippen molar-refractivity contribution in [2.24, 2.45) is 0 Å². The zero-order valence-electron chi connectivity index (χ0n) is 9.27. The molecular weight excluding hydrogens is 248 g/mol. The third-order valence-corrected chi connectivity index (χ3v) is 2.90. The van der Waals surface area contributed by atoms with Gasteiger partial charge in [0.1, 0.15) is 5.82 Å². The molecule has 1 N–H and O–H groups in total. The van der Waals surface area contributed by atoms with Crippen LogP contribution in [-0.2, 0) is 6.54 Å². The molecule has 0 heterocycles. The lowest BCUT2D eigenvalue weighted by molar-refractivity contribution is 0.576. The highest BCUT2D eigenvalue weighted by Gasteiger charge is 2.05. The lowest BCUT2D eigenvalue weighted by Crippen LogP contribution is -2.23. The summed E-state index contributed by atoms with van der Waals surface area (Å²) in [5.74, 6) is -0.237. The van der Waals surface area contributed by atoms with E-state index in [9.17, 15) is 4.39 Å². The van der Waals surface area contributed by atoms with Crippen LogP contribution >= 0.6 is 23.2 Å². The minimum absolute atomic E-state index is 0.104. The SMILES string of the molecule is CCCC(Cl)CNCc1cc(Cl)ccc1F. The standard InChI is InChI=1S/C12H16Cl2FN/c1-2-3-11(14)8-16-7-9-6-10(13)4-5-12(9)15/h4-6,11,16H,2-3,7-8H2,1H3. The Balaban J connectivity index is 2.39. The van der Waals surface area contributed by atoms with Gasteiger partial charge in [-0.05, 0) is 24.6 Å². The predicted molar refractivity (Wildman–Crippen MR) is 67.7 cm³/mol. The molecule has 1 aromatic rings. The van der Waals surface area contributed by atoms with Crippen molar-refractivity contribution >= 4 is 23.2 Å². The number of halogens is 3. The Kier molecular flexibility index (Phi) is 6.10. The van der Waals surface area contributed by atoms with Crippen molar-refractivity contribution in [2.45, 2.75) is 31.7 Å². The van der Waals surface area contributed by atoms with Gasteiger partial charge in [0.2, 0.25) is 0 Å². The molecule has 0 aliphatic carbocycles. The van der Waals surface area contributed by atoms with Gasteiger partial charge in [-0.1, -0.05) is 24.9 Å². The molecule has 0 fully saturated rings. The van der Waals surface area contributed by atoms with E-state index in [1.165, 1.54) is 6.07 Å². The second kappa shape index (κ2) is 7.10. The molecule has 0 aliphatic heterocycles. The molecule has 1 unspecified atom stereocenters. The summed E-state index contributed by atoms with van der Waals surface area (Å²) < 4.78 is 13.3. The molecule has 0 aliphatic rings. The van der Waals surface area contributed by atoms with Crippen LogP contribution in [0.5, 0.6) is 0 Å². The fraction of sp³-hybridized carbons (Fsp3) is 0.500. The van der Waals surface area contributed by atoms with Crippen molar-refractivity contribution in [3.63, 3.8) is 0 Å². The Morgan fingerprint density at radius 2 is 2.19 bits per heavy atom. The van der Waals surface area contributed by atoms with E-state index < -0.39 is 0 Å². The molecule has 1 nitrogen and oxygen atoms in total. The second-order valence-electron chi connectivity index (χ2n) is 3.75. The van der Waals surface area contributed by atoms with Crippen molar-refractivity contribution in [1.29, 1.82) is 0 Å². The van der Waals surface area contributed by atoms with E-state index in [0.717, 1.165) is 12.8 Å². The van der Waals surface area contributed by atoms with E-state index >= 15 is 0 Å². The van der Waals surface area contributed by atoms with Gasteiger partial charge in [-0.3, -0.25) is 0 Å². The molecule has 1 aromatic carbocycles. The highest BCUT2D eigenvalue weighted by atomic mass is 35.5. The van der Waals surface area contributed by atoms with E-state index in [0.29, 0.717) is 23.7 Å². The topological polar surface area (TPSA) is 12.0 Å². The summed E-state index contributed by atoms with van der Waals surface area (Å²) in [6, 6.07) is 4.55. The van der Waals surface area contributed by atoms with Crippen molar-refractivity contribution < 1.29 is 4.39 Å². The number of hydrogen-bond donors (Lipinski definition) is 1. The maximum atomic E-state index is 13.3. The molecule has 0 radical (unpaired) electrons. The van der Waals surface area contributed by atoms with E-state index in [-0.39, 0.29) is 11.2 Å². The maximum absolute atomic E-state index is 13.3. The van der Waals surface area contributed by atoms with Crippen molar-refractivity contribution in [3.05, 3.63) is 34.6 Å². The average Bonchev–Trinajstić information content (AvgIpc) is 2.23. The number of hydrogen-bond acceptors (Lipinski definition) is 1. The lowest BCUT2D eigenvalue weighted by atomic mass is 10.2. The lowest BCUT2D eigenvalue weighted by Gasteiger charge is -2.10. The van der Waals surface area contributed by atoms with Crippen LogP contribution < -0.4 is 5.32 Å². The van der Waals surface area contributed by atoms with Gasteiger partial charge in [0.15, 0.2) is 0 Å². The molecule has 4 heteroatoms. The largest absolute Gasteiger partial charge is 0.311 e. The molecule has 0 saturated heterocycles. The molecule has 90 valence electrons. The van der Waals surface area contributed by atoms with Crippen LogP contribution in [-0.4, -0.2) is 11.9 Å². The Morgan fingerprint density at radius 1 is 1.44 bits per heavy atom. The van der Waals surface area contributed by atoms with Crippen LogP contribution in [0.15, 0.2) is 18.2 Å². The van der Waals surface area contributed by atoms with E-state index in [4.69, 9.17) is 23.2 Å². The Hall–Kier alpha value is -0.310. The van der Waals surface area contributed by atoms with Gasteiger partial charge in [0, 0.05) is 29.1 Å². The van der Waals surface area contributed by atoms with E-state index in [1.54, 1.807) is 12.1 Å². The third-order valence-electron chi connectivity index (χ3n) is 2.29. The summed E-state index contributed by atoms with van der Waals surface area (Å²) in [5, 5.41) is 3.78. The average molecular weight is 264 g/mol. The normalized spacial score (nSPS) is 12.8. The van der Waals surface area contributed by atoms with Crippen LogP contribution in [0.1, 0.15) is 25.3 Å². The molecule has 0 saturated carbocycles. The van der Waals surface area contributed by atoms with E-state index in [1.807, 2.05) is 0 Å². The fourth-order valence-electron chi connectivity index (χ4n) is 1.46. The number of benzene rings is 1. The minimum Gasteiger partial charge on any atom is -0.311 e. The molecule has 0 spiro atoms. The van der Waals surface area contributed by atoms with Crippen molar-refractivity contribution in [3.8, 4) is 0 Å². The Morgan fingerprint density at radius 3 is 2.88 bits per heavy atom. The zero-order chi connectivity index (χ0) is 12.0. The first-order valence-corrected chi connectivity index (χ1v) is 6.23. The summed E-state index contributed by atoms with van der Waals surface area (Å²) in [5.41, 5.74) is 0.577. The van der Waals surface area contributed by atoms with Crippen LogP contribution in [0, 0.1) is 5.82 Å². The molecule has 16 heavy (non-hydrogen) atoms. The number of nitrogens with one attached hydrogen (secondary N) is 1. The van der Waals surface area contributed by atoms with Crippen molar-refractivity contribution in [1.82, 2.24) is 5.32 Å². The summed E-state index contributed by atoms with van der Waals surface area (Å²) in [6.45, 7) is 3.23. The van der Waals surface area contributed by atoms with Gasteiger partial charge >= 0.3 is 0 Å². The first-order chi connectivity index (χ1) is 7.63. The van der Waals surface area contributed by atoms with Gasteiger partial charge < -0.3 is 5.32 Å². The molecule has 0 aromatic heterocycles. The van der Waals surface area contributed by atoms with Crippen LogP contribution in [0.2, 0.25) is 5.02 Å². The Bertz CT molecular complexity index is 331. The predicted octanol–water partition coefficient (Wildman–Crippen LogP) is 3.98. The van der Waals surface area contributed by atoms with Crippen LogP contribution in [0.25, 0.3) is 0 Å². The van der Waals surface area contributed by atoms with Crippen LogP contribution in [0.3, 0.4) is 0 Å². The molecule has 0 bridgehead atoms. The quantitative estimate of drug-likeness (QED) is 0.766. The van der Waals surface area contributed by atoms with E-state index in [2.05, 4.69) is 12.2 Å². The molecule has 1 atom stereocenters. The first kappa shape index (κ1) is 13.8. The van der Waals surface area contributed by atoms with Crippen molar-refractivity contribution in [2.75, 3.05) is 6.54 Å². The number of rotatable bonds is 6. The first-order valence-electron chi connectivity index (χ1n) is 5.42. The van der Waals surface area contributed by atoms with Gasteiger partial charge in [-0.15, -0.1) is 11.6 Å². The fourth-order valence-corrected chi connectivity index (χ4v) is 1.98. The van der Waals surface area contributed by atoms with Gasteiger partial charge in [0.25, 0.3) is 0 Å². The zero-order valence-corrected chi connectivity index (χ0v) is 10.8. The third kappa shape index (κ3) is 4.69.